The lowest BCUT2D eigenvalue weighted by Crippen LogP contribution is -2.33. The average molecular weight is 562 g/mol. The minimum Gasteiger partial charge on any atom is -0.405 e. The van der Waals surface area contributed by atoms with Crippen molar-refractivity contribution in [3.63, 3.8) is 0 Å². The highest BCUT2D eigenvalue weighted by molar-refractivity contribution is 6.68. The lowest BCUT2D eigenvalue weighted by Gasteiger charge is -2.30. The summed E-state index contributed by atoms with van der Waals surface area (Å²) in [6.07, 6.45) is 0. The van der Waals surface area contributed by atoms with Gasteiger partial charge >= 0.3 is 7.12 Å². The Hall–Kier alpha value is -4.96. The number of fused-ring (bicyclic) bond motifs is 12. The van der Waals surface area contributed by atoms with E-state index in [-0.39, 0.29) is 12.5 Å². The van der Waals surface area contributed by atoms with Crippen LogP contribution in [0.15, 0.2) is 140 Å². The lowest BCUT2D eigenvalue weighted by molar-refractivity contribution is 0.365. The van der Waals surface area contributed by atoms with Gasteiger partial charge in [-0.15, -0.1) is 0 Å². The van der Waals surface area contributed by atoms with Crippen LogP contribution in [0.4, 0.5) is 0 Å². The molecule has 0 saturated carbocycles. The Balaban J connectivity index is 1.32. The van der Waals surface area contributed by atoms with Crippen LogP contribution in [0.3, 0.4) is 0 Å². The third kappa shape index (κ3) is 3.03. The number of benzene rings is 7. The summed E-state index contributed by atoms with van der Waals surface area (Å²) in [5, 5.41) is 4.81. The Bertz CT molecular complexity index is 2190. The SMILES string of the molecule is c1ccc2c(c1)-c1ccccc1C21c2ccccc2-c2ccc(-c3c4ccccc4c(B4OCCO4)c4ccccc34)cc21. The minimum absolute atomic E-state index is 0.358. The van der Waals surface area contributed by atoms with Gasteiger partial charge in [0.15, 0.2) is 0 Å². The van der Waals surface area contributed by atoms with E-state index in [1.165, 1.54) is 77.2 Å². The van der Waals surface area contributed by atoms with Crippen molar-refractivity contribution in [2.24, 2.45) is 0 Å². The Kier molecular flexibility index (Phi) is 5.02. The van der Waals surface area contributed by atoms with Gasteiger partial charge in [-0.3, -0.25) is 0 Å². The number of hydrogen-bond donors (Lipinski definition) is 0. The summed E-state index contributed by atoms with van der Waals surface area (Å²) in [6, 6.07) is 51.7. The van der Waals surface area contributed by atoms with Gasteiger partial charge in [0.05, 0.1) is 18.6 Å². The van der Waals surface area contributed by atoms with Crippen LogP contribution in [0.5, 0.6) is 0 Å². The molecule has 3 aliphatic rings. The highest BCUT2D eigenvalue weighted by atomic mass is 16.6. The molecule has 0 unspecified atom stereocenters. The van der Waals surface area contributed by atoms with Gasteiger partial charge < -0.3 is 9.31 Å². The molecule has 0 amide bonds. The maximum atomic E-state index is 6.10. The third-order valence-electron chi connectivity index (χ3n) is 10.1. The number of rotatable bonds is 2. The molecule has 1 aliphatic heterocycles. The van der Waals surface area contributed by atoms with E-state index in [1.54, 1.807) is 0 Å². The standard InChI is InChI=1S/C41H27BO2/c1-3-16-33-31(14-1)39(32-15-2-4-17-34(32)40(33)42-43-23-24-44-42)26-21-22-30-29-13-7-10-20-37(29)41(38(30)25-26)35-18-8-5-11-27(35)28-12-6-9-19-36(28)41/h1-22,25H,23-24H2. The predicted octanol–water partition coefficient (Wildman–Crippen LogP) is 8.75. The molecule has 7 aromatic rings. The zero-order chi connectivity index (χ0) is 28.8. The average Bonchev–Trinajstić information content (AvgIpc) is 3.80. The van der Waals surface area contributed by atoms with Gasteiger partial charge in [0.2, 0.25) is 0 Å². The van der Waals surface area contributed by atoms with Crippen molar-refractivity contribution in [1.29, 1.82) is 0 Å². The predicted molar refractivity (Wildman–Crippen MR) is 180 cm³/mol. The molecule has 3 heteroatoms. The molecule has 2 aliphatic carbocycles. The topological polar surface area (TPSA) is 18.5 Å². The van der Waals surface area contributed by atoms with E-state index in [4.69, 9.17) is 9.31 Å². The van der Waals surface area contributed by atoms with Gasteiger partial charge in [-0.25, -0.2) is 0 Å². The van der Waals surface area contributed by atoms with Gasteiger partial charge in [-0.1, -0.05) is 133 Å². The smallest absolute Gasteiger partial charge is 0.405 e. The second-order valence-corrected chi connectivity index (χ2v) is 12.1. The van der Waals surface area contributed by atoms with Crippen LogP contribution in [-0.2, 0) is 14.7 Å². The summed E-state index contributed by atoms with van der Waals surface area (Å²) >= 11 is 0. The molecule has 206 valence electrons. The van der Waals surface area contributed by atoms with Gasteiger partial charge in [0.25, 0.3) is 0 Å². The Morgan fingerprint density at radius 2 is 0.864 bits per heavy atom. The maximum absolute atomic E-state index is 6.10. The zero-order valence-electron chi connectivity index (χ0n) is 24.1. The van der Waals surface area contributed by atoms with Crippen molar-refractivity contribution in [3.8, 4) is 33.4 Å². The van der Waals surface area contributed by atoms with E-state index in [0.29, 0.717) is 13.2 Å². The van der Waals surface area contributed by atoms with Gasteiger partial charge in [0, 0.05) is 0 Å². The van der Waals surface area contributed by atoms with Crippen molar-refractivity contribution < 1.29 is 9.31 Å². The molecular weight excluding hydrogens is 535 g/mol. The van der Waals surface area contributed by atoms with Crippen molar-refractivity contribution in [1.82, 2.24) is 0 Å². The summed E-state index contributed by atoms with van der Waals surface area (Å²) in [7, 11) is -0.358. The summed E-state index contributed by atoms with van der Waals surface area (Å²) < 4.78 is 12.2. The van der Waals surface area contributed by atoms with E-state index in [1.807, 2.05) is 0 Å². The minimum atomic E-state index is -0.369. The van der Waals surface area contributed by atoms with E-state index >= 15 is 0 Å². The second kappa shape index (κ2) is 9.03. The fraction of sp³-hybridized carbons (Fsp3) is 0.0732. The van der Waals surface area contributed by atoms with Crippen LogP contribution in [0.25, 0.3) is 54.9 Å². The van der Waals surface area contributed by atoms with Gasteiger partial charge in [-0.2, -0.15) is 0 Å². The fourth-order valence-electron chi connectivity index (χ4n) is 8.50. The molecule has 1 heterocycles. The first-order chi connectivity index (χ1) is 21.9. The molecule has 2 nitrogen and oxygen atoms in total. The van der Waals surface area contributed by atoms with Crippen molar-refractivity contribution in [2.45, 2.75) is 5.41 Å². The molecule has 0 aromatic heterocycles. The molecule has 7 aromatic carbocycles. The van der Waals surface area contributed by atoms with E-state index in [9.17, 15) is 0 Å². The summed E-state index contributed by atoms with van der Waals surface area (Å²) in [5.74, 6) is 0. The third-order valence-corrected chi connectivity index (χ3v) is 10.1. The first-order valence-electron chi connectivity index (χ1n) is 15.5. The van der Waals surface area contributed by atoms with E-state index < -0.39 is 0 Å². The molecule has 1 spiro atoms. The molecule has 44 heavy (non-hydrogen) atoms. The van der Waals surface area contributed by atoms with Crippen LogP contribution in [0, 0.1) is 0 Å². The van der Waals surface area contributed by atoms with E-state index in [2.05, 4.69) is 140 Å². The highest BCUT2D eigenvalue weighted by Crippen LogP contribution is 2.63. The van der Waals surface area contributed by atoms with Gasteiger partial charge in [-0.05, 0) is 88.7 Å². The summed E-state index contributed by atoms with van der Waals surface area (Å²) in [5.41, 5.74) is 14.0. The zero-order valence-corrected chi connectivity index (χ0v) is 24.1. The first kappa shape index (κ1) is 24.5. The van der Waals surface area contributed by atoms with Crippen molar-refractivity contribution in [2.75, 3.05) is 13.2 Å². The van der Waals surface area contributed by atoms with Crippen LogP contribution < -0.4 is 5.46 Å². The first-order valence-corrected chi connectivity index (χ1v) is 15.5. The Labute approximate surface area is 256 Å². The largest absolute Gasteiger partial charge is 0.495 e. The van der Waals surface area contributed by atoms with Gasteiger partial charge in [0.1, 0.15) is 0 Å². The monoisotopic (exact) mass is 562 g/mol. The molecule has 0 bridgehead atoms. The Morgan fingerprint density at radius 1 is 0.432 bits per heavy atom. The van der Waals surface area contributed by atoms with Crippen molar-refractivity contribution in [3.05, 3.63) is 162 Å². The molecule has 0 radical (unpaired) electrons. The molecule has 0 N–H and O–H groups in total. The van der Waals surface area contributed by atoms with E-state index in [0.717, 1.165) is 5.46 Å². The number of hydrogen-bond acceptors (Lipinski definition) is 2. The molecular formula is C41H27BO2. The molecule has 10 rings (SSSR count). The molecule has 1 saturated heterocycles. The molecule has 1 fully saturated rings. The lowest BCUT2D eigenvalue weighted by atomic mass is 9.69. The van der Waals surface area contributed by atoms with Crippen molar-refractivity contribution >= 4 is 34.1 Å². The van der Waals surface area contributed by atoms with Crippen LogP contribution in [0.1, 0.15) is 22.3 Å². The summed E-state index contributed by atoms with van der Waals surface area (Å²) in [4.78, 5) is 0. The fourth-order valence-corrected chi connectivity index (χ4v) is 8.50. The maximum Gasteiger partial charge on any atom is 0.495 e. The van der Waals surface area contributed by atoms with Crippen LogP contribution in [0.2, 0.25) is 0 Å². The quantitative estimate of drug-likeness (QED) is 0.155. The van der Waals surface area contributed by atoms with Crippen LogP contribution in [-0.4, -0.2) is 20.3 Å². The summed E-state index contributed by atoms with van der Waals surface area (Å²) in [6.45, 7) is 1.23. The normalized spacial score (nSPS) is 15.5. The van der Waals surface area contributed by atoms with Crippen LogP contribution >= 0.6 is 0 Å². The highest BCUT2D eigenvalue weighted by Gasteiger charge is 2.51. The molecule has 0 atom stereocenters. The Morgan fingerprint density at radius 3 is 1.39 bits per heavy atom. The second-order valence-electron chi connectivity index (χ2n) is 12.1.